The van der Waals surface area contributed by atoms with Crippen LogP contribution in [0.15, 0.2) is 35.4 Å². The van der Waals surface area contributed by atoms with Crippen molar-refractivity contribution in [1.29, 1.82) is 0 Å². The van der Waals surface area contributed by atoms with Gasteiger partial charge in [-0.3, -0.25) is 4.79 Å². The Bertz CT molecular complexity index is 1110. The van der Waals surface area contributed by atoms with Gasteiger partial charge in [0.05, 0.1) is 11.6 Å². The summed E-state index contributed by atoms with van der Waals surface area (Å²) in [5.41, 5.74) is 3.02. The maximum Gasteiger partial charge on any atom is 0.344 e. The molecule has 2 aromatic heterocycles. The molecule has 31 heavy (non-hydrogen) atoms. The molecule has 0 radical (unpaired) electrons. The molecule has 1 atom stereocenters. The number of carboxylic acid groups (broad SMARTS) is 1. The number of nitrogens with zero attached hydrogens (tertiary/aromatic N) is 2. The number of thiazole rings is 1. The lowest BCUT2D eigenvalue weighted by molar-refractivity contribution is -0.141. The number of anilines is 1. The number of carboxylic acids is 1. The van der Waals surface area contributed by atoms with Gasteiger partial charge < -0.3 is 15.4 Å². The molecule has 1 aromatic carbocycles. The molecule has 0 saturated heterocycles. The molecule has 0 aliphatic carbocycles. The first-order valence-corrected chi connectivity index (χ1v) is 11.2. The molecule has 9 heteroatoms. The molecule has 0 bridgehead atoms. The van der Waals surface area contributed by atoms with Crippen LogP contribution in [0.4, 0.5) is 5.13 Å². The summed E-state index contributed by atoms with van der Waals surface area (Å²) >= 11 is 7.86. The molecule has 0 amide bonds. The van der Waals surface area contributed by atoms with Crippen molar-refractivity contribution < 1.29 is 9.90 Å². The fraction of sp³-hybridized carbons (Fsp3) is 0.364. The standard InChI is InChI=1S/C22H25ClN4O3S/c1-12(2)6-18-19(15-5-4-13(3)17(23)8-15)27-22(31-18)26-11-16(20(28)29)7-14-9-24-21(30)25-10-14/h4-5,8-10,12,16H,6-7,11H2,1-3H3,(H,26,27)(H,28,29)(H,24,25,30). The van der Waals surface area contributed by atoms with Crippen LogP contribution in [0, 0.1) is 18.8 Å². The van der Waals surface area contributed by atoms with Gasteiger partial charge in [0.2, 0.25) is 0 Å². The van der Waals surface area contributed by atoms with E-state index in [1.807, 2.05) is 25.1 Å². The van der Waals surface area contributed by atoms with E-state index in [1.165, 1.54) is 23.7 Å². The fourth-order valence-electron chi connectivity index (χ4n) is 3.13. The zero-order valence-electron chi connectivity index (χ0n) is 17.6. The smallest absolute Gasteiger partial charge is 0.344 e. The Morgan fingerprint density at radius 1 is 1.32 bits per heavy atom. The van der Waals surface area contributed by atoms with E-state index < -0.39 is 17.6 Å². The third-order valence-corrected chi connectivity index (χ3v) is 6.24. The number of aliphatic carboxylic acids is 1. The largest absolute Gasteiger partial charge is 0.481 e. The maximum absolute atomic E-state index is 11.7. The van der Waals surface area contributed by atoms with E-state index in [-0.39, 0.29) is 13.0 Å². The second-order valence-corrected chi connectivity index (χ2v) is 9.39. The summed E-state index contributed by atoms with van der Waals surface area (Å²) in [6, 6.07) is 5.90. The van der Waals surface area contributed by atoms with Gasteiger partial charge in [-0.2, -0.15) is 0 Å². The van der Waals surface area contributed by atoms with Crippen LogP contribution in [0.5, 0.6) is 0 Å². The van der Waals surface area contributed by atoms with Crippen molar-refractivity contribution in [3.63, 3.8) is 0 Å². The highest BCUT2D eigenvalue weighted by atomic mass is 35.5. The van der Waals surface area contributed by atoms with Crippen molar-refractivity contribution in [1.82, 2.24) is 15.0 Å². The zero-order valence-corrected chi connectivity index (χ0v) is 19.2. The number of nitrogens with one attached hydrogen (secondary N) is 2. The van der Waals surface area contributed by atoms with Crippen molar-refractivity contribution in [2.45, 2.75) is 33.6 Å². The molecule has 164 valence electrons. The van der Waals surface area contributed by atoms with Gasteiger partial charge in [0, 0.05) is 34.4 Å². The lowest BCUT2D eigenvalue weighted by Crippen LogP contribution is -2.25. The zero-order chi connectivity index (χ0) is 22.5. The molecule has 3 rings (SSSR count). The summed E-state index contributed by atoms with van der Waals surface area (Å²) in [5, 5.41) is 14.2. The molecular formula is C22H25ClN4O3S. The van der Waals surface area contributed by atoms with Crippen LogP contribution in [-0.2, 0) is 17.6 Å². The summed E-state index contributed by atoms with van der Waals surface area (Å²) in [5.74, 6) is -1.17. The van der Waals surface area contributed by atoms with E-state index in [0.717, 1.165) is 28.1 Å². The van der Waals surface area contributed by atoms with Gasteiger partial charge >= 0.3 is 11.7 Å². The summed E-state index contributed by atoms with van der Waals surface area (Å²) in [7, 11) is 0. The van der Waals surface area contributed by atoms with Crippen molar-refractivity contribution in [2.24, 2.45) is 11.8 Å². The Hall–Kier alpha value is -2.71. The van der Waals surface area contributed by atoms with Crippen LogP contribution in [0.1, 0.15) is 29.9 Å². The highest BCUT2D eigenvalue weighted by Crippen LogP contribution is 2.34. The second kappa shape index (κ2) is 10.1. The summed E-state index contributed by atoms with van der Waals surface area (Å²) in [4.78, 5) is 34.9. The lowest BCUT2D eigenvalue weighted by Gasteiger charge is -2.12. The third-order valence-electron chi connectivity index (χ3n) is 4.80. The normalized spacial score (nSPS) is 12.2. The van der Waals surface area contributed by atoms with Crippen molar-refractivity contribution in [3.8, 4) is 11.3 Å². The van der Waals surface area contributed by atoms with Crippen LogP contribution in [0.25, 0.3) is 11.3 Å². The van der Waals surface area contributed by atoms with Crippen LogP contribution in [0.2, 0.25) is 5.02 Å². The highest BCUT2D eigenvalue weighted by Gasteiger charge is 2.20. The Labute approximate surface area is 189 Å². The van der Waals surface area contributed by atoms with Crippen LogP contribution < -0.4 is 11.0 Å². The van der Waals surface area contributed by atoms with E-state index in [4.69, 9.17) is 16.6 Å². The quantitative estimate of drug-likeness (QED) is 0.436. The number of benzene rings is 1. The van der Waals surface area contributed by atoms with Gasteiger partial charge in [0.1, 0.15) is 0 Å². The number of aromatic amines is 1. The molecule has 0 spiro atoms. The van der Waals surface area contributed by atoms with Gasteiger partial charge in [-0.15, -0.1) is 11.3 Å². The van der Waals surface area contributed by atoms with Crippen LogP contribution in [0.3, 0.4) is 0 Å². The first kappa shape index (κ1) is 23.0. The average Bonchev–Trinajstić information content (AvgIpc) is 3.10. The first-order valence-electron chi connectivity index (χ1n) is 9.99. The van der Waals surface area contributed by atoms with Gasteiger partial charge in [-0.25, -0.2) is 14.8 Å². The topological polar surface area (TPSA) is 108 Å². The number of hydrogen-bond donors (Lipinski definition) is 3. The number of aryl methyl sites for hydroxylation is 1. The van der Waals surface area contributed by atoms with E-state index >= 15 is 0 Å². The molecule has 0 aliphatic rings. The van der Waals surface area contributed by atoms with Gasteiger partial charge in [0.15, 0.2) is 5.13 Å². The second-order valence-electron chi connectivity index (χ2n) is 7.90. The molecule has 0 fully saturated rings. The number of hydrogen-bond acceptors (Lipinski definition) is 6. The summed E-state index contributed by atoms with van der Waals surface area (Å²) in [6.45, 7) is 6.46. The SMILES string of the molecule is Cc1ccc(-c2nc(NCC(Cc3cnc(=O)[nH]c3)C(=O)O)sc2CC(C)C)cc1Cl. The average molecular weight is 461 g/mol. The summed E-state index contributed by atoms with van der Waals surface area (Å²) < 4.78 is 0. The number of H-pyrrole nitrogens is 1. The minimum absolute atomic E-state index is 0.206. The van der Waals surface area contributed by atoms with Crippen LogP contribution in [-0.4, -0.2) is 32.6 Å². The van der Waals surface area contributed by atoms with Crippen molar-refractivity contribution >= 4 is 34.0 Å². The fourth-order valence-corrected chi connectivity index (χ4v) is 4.51. The predicted molar refractivity (Wildman–Crippen MR) is 124 cm³/mol. The monoisotopic (exact) mass is 460 g/mol. The maximum atomic E-state index is 11.7. The number of carbonyl (C=O) groups is 1. The van der Waals surface area contributed by atoms with Gasteiger partial charge in [0.25, 0.3) is 0 Å². The molecule has 3 aromatic rings. The molecular weight excluding hydrogens is 436 g/mol. The lowest BCUT2D eigenvalue weighted by atomic mass is 10.0. The van der Waals surface area contributed by atoms with Crippen molar-refractivity contribution in [2.75, 3.05) is 11.9 Å². The summed E-state index contributed by atoms with van der Waals surface area (Å²) in [6.07, 6.45) is 4.01. The minimum Gasteiger partial charge on any atom is -0.481 e. The van der Waals surface area contributed by atoms with Gasteiger partial charge in [-0.05, 0) is 42.9 Å². The Morgan fingerprint density at radius 3 is 2.71 bits per heavy atom. The van der Waals surface area contributed by atoms with E-state index in [2.05, 4.69) is 29.1 Å². The Morgan fingerprint density at radius 2 is 2.10 bits per heavy atom. The van der Waals surface area contributed by atoms with Crippen molar-refractivity contribution in [3.05, 3.63) is 62.1 Å². The molecule has 0 aliphatic heterocycles. The van der Waals surface area contributed by atoms with E-state index in [0.29, 0.717) is 21.6 Å². The third kappa shape index (κ3) is 6.15. The molecule has 3 N–H and O–H groups in total. The van der Waals surface area contributed by atoms with Crippen LogP contribution >= 0.6 is 22.9 Å². The minimum atomic E-state index is -0.928. The molecule has 1 unspecified atom stereocenters. The predicted octanol–water partition coefficient (Wildman–Crippen LogP) is 4.41. The molecule has 7 nitrogen and oxygen atoms in total. The number of halogens is 1. The Kier molecular flexibility index (Phi) is 7.46. The van der Waals surface area contributed by atoms with E-state index in [9.17, 15) is 14.7 Å². The number of aromatic nitrogens is 3. The van der Waals surface area contributed by atoms with Gasteiger partial charge in [-0.1, -0.05) is 37.6 Å². The molecule has 0 saturated carbocycles. The Balaban J connectivity index is 1.80. The molecule has 2 heterocycles. The first-order chi connectivity index (χ1) is 14.7. The number of rotatable bonds is 9. The van der Waals surface area contributed by atoms with E-state index in [1.54, 1.807) is 0 Å². The highest BCUT2D eigenvalue weighted by molar-refractivity contribution is 7.16.